The fourth-order valence-corrected chi connectivity index (χ4v) is 1.78. The van der Waals surface area contributed by atoms with Crippen molar-refractivity contribution in [2.45, 2.75) is 50.6 Å². The van der Waals surface area contributed by atoms with Gasteiger partial charge < -0.3 is 16.2 Å². The highest BCUT2D eigenvalue weighted by Crippen LogP contribution is 2.29. The molecule has 1 fully saturated rings. The van der Waals surface area contributed by atoms with Gasteiger partial charge in [-0.15, -0.1) is 0 Å². The van der Waals surface area contributed by atoms with Crippen LogP contribution in [-0.4, -0.2) is 28.7 Å². The standard InChI is InChI=1S/C10H20N2O2/c1-9(2,11)8(14)12-10(7-13)5-3-4-6-10/h13H,3-7,11H2,1-2H3,(H,12,14). The predicted molar refractivity (Wildman–Crippen MR) is 54.7 cm³/mol. The van der Waals surface area contributed by atoms with Gasteiger partial charge in [-0.05, 0) is 26.7 Å². The van der Waals surface area contributed by atoms with Crippen molar-refractivity contribution >= 4 is 5.91 Å². The lowest BCUT2D eigenvalue weighted by atomic mass is 9.96. The summed E-state index contributed by atoms with van der Waals surface area (Å²) in [6.07, 6.45) is 3.83. The van der Waals surface area contributed by atoms with Gasteiger partial charge in [0.1, 0.15) is 0 Å². The van der Waals surface area contributed by atoms with E-state index in [2.05, 4.69) is 5.32 Å². The van der Waals surface area contributed by atoms with Gasteiger partial charge in [-0.3, -0.25) is 4.79 Å². The maximum atomic E-state index is 11.6. The van der Waals surface area contributed by atoms with Crippen LogP contribution in [0.1, 0.15) is 39.5 Å². The second kappa shape index (κ2) is 3.87. The summed E-state index contributed by atoms with van der Waals surface area (Å²) in [5.74, 6) is -0.187. The first-order valence-corrected chi connectivity index (χ1v) is 5.12. The summed E-state index contributed by atoms with van der Waals surface area (Å²) in [4.78, 5) is 11.6. The molecule has 4 heteroatoms. The van der Waals surface area contributed by atoms with Crippen LogP contribution in [0.5, 0.6) is 0 Å². The zero-order valence-electron chi connectivity index (χ0n) is 8.97. The molecule has 1 saturated carbocycles. The van der Waals surface area contributed by atoms with Crippen LogP contribution < -0.4 is 11.1 Å². The number of amides is 1. The lowest BCUT2D eigenvalue weighted by Crippen LogP contribution is -2.58. The van der Waals surface area contributed by atoms with E-state index in [1.807, 2.05) is 0 Å². The number of nitrogens with one attached hydrogen (secondary N) is 1. The van der Waals surface area contributed by atoms with Gasteiger partial charge in [-0.25, -0.2) is 0 Å². The van der Waals surface area contributed by atoms with Crippen molar-refractivity contribution in [3.05, 3.63) is 0 Å². The molecular weight excluding hydrogens is 180 g/mol. The Kier molecular flexibility index (Phi) is 3.17. The van der Waals surface area contributed by atoms with E-state index in [1.165, 1.54) is 0 Å². The molecule has 82 valence electrons. The van der Waals surface area contributed by atoms with Crippen LogP contribution in [0.2, 0.25) is 0 Å². The van der Waals surface area contributed by atoms with Gasteiger partial charge in [0, 0.05) is 0 Å². The number of carbonyl (C=O) groups is 1. The maximum absolute atomic E-state index is 11.6. The number of nitrogens with two attached hydrogens (primary N) is 1. The summed E-state index contributed by atoms with van der Waals surface area (Å²) in [6.45, 7) is 3.35. The minimum Gasteiger partial charge on any atom is -0.394 e. The van der Waals surface area contributed by atoms with Gasteiger partial charge in [-0.1, -0.05) is 12.8 Å². The minimum atomic E-state index is -0.870. The normalized spacial score (nSPS) is 20.9. The molecule has 0 radical (unpaired) electrons. The van der Waals surface area contributed by atoms with Gasteiger partial charge >= 0.3 is 0 Å². The third-order valence-corrected chi connectivity index (χ3v) is 2.83. The van der Waals surface area contributed by atoms with Crippen molar-refractivity contribution in [3.63, 3.8) is 0 Å². The molecular formula is C10H20N2O2. The quantitative estimate of drug-likeness (QED) is 0.607. The zero-order valence-corrected chi connectivity index (χ0v) is 8.97. The van der Waals surface area contributed by atoms with Crippen molar-refractivity contribution in [2.75, 3.05) is 6.61 Å². The van der Waals surface area contributed by atoms with Crippen LogP contribution in [-0.2, 0) is 4.79 Å². The first-order chi connectivity index (χ1) is 6.40. The highest BCUT2D eigenvalue weighted by Gasteiger charge is 2.37. The Morgan fingerprint density at radius 3 is 2.36 bits per heavy atom. The summed E-state index contributed by atoms with van der Waals surface area (Å²) < 4.78 is 0. The molecule has 14 heavy (non-hydrogen) atoms. The Morgan fingerprint density at radius 2 is 2.00 bits per heavy atom. The number of aliphatic hydroxyl groups is 1. The lowest BCUT2D eigenvalue weighted by Gasteiger charge is -2.31. The molecule has 4 N–H and O–H groups in total. The molecule has 0 saturated heterocycles. The van der Waals surface area contributed by atoms with Gasteiger partial charge in [0.2, 0.25) is 5.91 Å². The smallest absolute Gasteiger partial charge is 0.240 e. The fourth-order valence-electron chi connectivity index (χ4n) is 1.78. The van der Waals surface area contributed by atoms with Crippen molar-refractivity contribution in [3.8, 4) is 0 Å². The van der Waals surface area contributed by atoms with Crippen molar-refractivity contribution in [1.82, 2.24) is 5.32 Å². The monoisotopic (exact) mass is 200 g/mol. The molecule has 0 bridgehead atoms. The molecule has 4 nitrogen and oxygen atoms in total. The van der Waals surface area contributed by atoms with E-state index in [1.54, 1.807) is 13.8 Å². The molecule has 1 aliphatic rings. The van der Waals surface area contributed by atoms with Crippen molar-refractivity contribution in [1.29, 1.82) is 0 Å². The molecule has 0 aliphatic heterocycles. The number of hydrogen-bond donors (Lipinski definition) is 3. The second-order valence-corrected chi connectivity index (χ2v) is 4.82. The molecule has 0 heterocycles. The summed E-state index contributed by atoms with van der Waals surface area (Å²) in [6, 6.07) is 0. The molecule has 1 aliphatic carbocycles. The Morgan fingerprint density at radius 1 is 1.50 bits per heavy atom. The van der Waals surface area contributed by atoms with E-state index in [0.717, 1.165) is 25.7 Å². The summed E-state index contributed by atoms with van der Waals surface area (Å²) in [7, 11) is 0. The summed E-state index contributed by atoms with van der Waals surface area (Å²) >= 11 is 0. The number of rotatable bonds is 3. The van der Waals surface area contributed by atoms with E-state index in [0.29, 0.717) is 0 Å². The van der Waals surface area contributed by atoms with E-state index in [-0.39, 0.29) is 12.5 Å². The number of carbonyl (C=O) groups excluding carboxylic acids is 1. The van der Waals surface area contributed by atoms with E-state index in [4.69, 9.17) is 5.73 Å². The highest BCUT2D eigenvalue weighted by molar-refractivity contribution is 5.85. The molecule has 0 spiro atoms. The van der Waals surface area contributed by atoms with Crippen LogP contribution in [0.3, 0.4) is 0 Å². The topological polar surface area (TPSA) is 75.4 Å². The Bertz CT molecular complexity index is 215. The first-order valence-electron chi connectivity index (χ1n) is 5.12. The van der Waals surface area contributed by atoms with E-state index < -0.39 is 11.1 Å². The van der Waals surface area contributed by atoms with Crippen LogP contribution in [0.15, 0.2) is 0 Å². The first kappa shape index (κ1) is 11.5. The molecule has 1 rings (SSSR count). The average Bonchev–Trinajstić information content (AvgIpc) is 2.52. The molecule has 0 aromatic rings. The van der Waals surface area contributed by atoms with Crippen LogP contribution >= 0.6 is 0 Å². The Balaban J connectivity index is 2.61. The average molecular weight is 200 g/mol. The minimum absolute atomic E-state index is 0.00875. The third kappa shape index (κ3) is 2.45. The predicted octanol–water partition coefficient (Wildman–Crippen LogP) is 0.145. The second-order valence-electron chi connectivity index (χ2n) is 4.82. The number of hydrogen-bond acceptors (Lipinski definition) is 3. The molecule has 0 atom stereocenters. The largest absolute Gasteiger partial charge is 0.394 e. The Labute approximate surface area is 84.9 Å². The summed E-state index contributed by atoms with van der Waals surface area (Å²) in [5, 5.41) is 12.1. The maximum Gasteiger partial charge on any atom is 0.240 e. The van der Waals surface area contributed by atoms with Crippen molar-refractivity contribution in [2.24, 2.45) is 5.73 Å². The lowest BCUT2D eigenvalue weighted by molar-refractivity contribution is -0.127. The SMILES string of the molecule is CC(C)(N)C(=O)NC1(CO)CCCC1. The molecule has 0 unspecified atom stereocenters. The molecule has 1 amide bonds. The van der Waals surface area contributed by atoms with Crippen LogP contribution in [0, 0.1) is 0 Å². The van der Waals surface area contributed by atoms with E-state index in [9.17, 15) is 9.90 Å². The molecule has 0 aromatic heterocycles. The van der Waals surface area contributed by atoms with E-state index >= 15 is 0 Å². The Hall–Kier alpha value is -0.610. The van der Waals surface area contributed by atoms with Crippen LogP contribution in [0.25, 0.3) is 0 Å². The van der Waals surface area contributed by atoms with Crippen molar-refractivity contribution < 1.29 is 9.90 Å². The third-order valence-electron chi connectivity index (χ3n) is 2.83. The summed E-state index contributed by atoms with van der Waals surface area (Å²) in [5.41, 5.74) is 4.40. The van der Waals surface area contributed by atoms with Gasteiger partial charge in [0.05, 0.1) is 17.7 Å². The fraction of sp³-hybridized carbons (Fsp3) is 0.900. The molecule has 0 aromatic carbocycles. The van der Waals surface area contributed by atoms with Gasteiger partial charge in [-0.2, -0.15) is 0 Å². The van der Waals surface area contributed by atoms with Gasteiger partial charge in [0.15, 0.2) is 0 Å². The zero-order chi connectivity index (χ0) is 10.8. The van der Waals surface area contributed by atoms with Crippen LogP contribution in [0.4, 0.5) is 0 Å². The number of aliphatic hydroxyl groups excluding tert-OH is 1. The highest BCUT2D eigenvalue weighted by atomic mass is 16.3. The van der Waals surface area contributed by atoms with Gasteiger partial charge in [0.25, 0.3) is 0 Å².